The molecule has 1 aliphatic rings. The van der Waals surface area contributed by atoms with Crippen LogP contribution < -0.4 is 15.8 Å². The molecule has 26 heavy (non-hydrogen) atoms. The first-order valence-corrected chi connectivity index (χ1v) is 11.2. The Morgan fingerprint density at radius 3 is 2.62 bits per heavy atom. The topological polar surface area (TPSA) is 136 Å². The van der Waals surface area contributed by atoms with Crippen molar-refractivity contribution in [1.29, 1.82) is 0 Å². The Hall–Kier alpha value is -1.69. The number of sulfone groups is 1. The first-order valence-electron chi connectivity index (χ1n) is 7.98. The summed E-state index contributed by atoms with van der Waals surface area (Å²) < 4.78 is 56.3. The van der Waals surface area contributed by atoms with Gasteiger partial charge in [0.2, 0.25) is 15.9 Å². The SMILES string of the molecule is COc1ccc(NC(C)=O)cc1S(=O)(=O)N(CCN)[C@H]1CCS(=O)(=O)C1. The van der Waals surface area contributed by atoms with Gasteiger partial charge in [-0.15, -0.1) is 0 Å². The van der Waals surface area contributed by atoms with E-state index in [1.165, 1.54) is 32.2 Å². The maximum absolute atomic E-state index is 13.2. The molecule has 9 nitrogen and oxygen atoms in total. The van der Waals surface area contributed by atoms with Gasteiger partial charge in [0.1, 0.15) is 10.6 Å². The lowest BCUT2D eigenvalue weighted by atomic mass is 10.2. The van der Waals surface area contributed by atoms with Gasteiger partial charge in [-0.05, 0) is 24.6 Å². The number of anilines is 1. The highest BCUT2D eigenvalue weighted by molar-refractivity contribution is 7.92. The van der Waals surface area contributed by atoms with E-state index in [-0.39, 0.29) is 47.6 Å². The van der Waals surface area contributed by atoms with Gasteiger partial charge in [0.25, 0.3) is 0 Å². The molecule has 1 aliphatic heterocycles. The van der Waals surface area contributed by atoms with E-state index in [0.717, 1.165) is 4.31 Å². The minimum Gasteiger partial charge on any atom is -0.495 e. The predicted octanol–water partition coefficient (Wildman–Crippen LogP) is -0.210. The van der Waals surface area contributed by atoms with Gasteiger partial charge in [0.05, 0.1) is 18.6 Å². The Bertz CT molecular complexity index is 883. The largest absolute Gasteiger partial charge is 0.495 e. The fourth-order valence-electron chi connectivity index (χ4n) is 2.91. The molecule has 2 rings (SSSR count). The molecule has 0 unspecified atom stereocenters. The zero-order valence-electron chi connectivity index (χ0n) is 14.6. The summed E-state index contributed by atoms with van der Waals surface area (Å²) in [6.07, 6.45) is 0.218. The molecule has 0 bridgehead atoms. The average Bonchev–Trinajstić information content (AvgIpc) is 2.91. The molecular formula is C15H23N3O6S2. The number of amides is 1. The van der Waals surface area contributed by atoms with E-state index in [0.29, 0.717) is 5.69 Å². The first-order chi connectivity index (χ1) is 12.1. The molecule has 11 heteroatoms. The number of hydrogen-bond acceptors (Lipinski definition) is 7. The smallest absolute Gasteiger partial charge is 0.247 e. The van der Waals surface area contributed by atoms with Gasteiger partial charge in [-0.3, -0.25) is 4.79 Å². The molecule has 1 aromatic carbocycles. The van der Waals surface area contributed by atoms with Gasteiger partial charge >= 0.3 is 0 Å². The molecule has 146 valence electrons. The van der Waals surface area contributed by atoms with Crippen LogP contribution >= 0.6 is 0 Å². The Kier molecular flexibility index (Phi) is 6.27. The molecule has 1 saturated heterocycles. The molecule has 1 atom stereocenters. The molecule has 0 saturated carbocycles. The van der Waals surface area contributed by atoms with Crippen molar-refractivity contribution in [3.8, 4) is 5.75 Å². The van der Waals surface area contributed by atoms with Gasteiger partial charge < -0.3 is 15.8 Å². The summed E-state index contributed by atoms with van der Waals surface area (Å²) in [5.74, 6) is -0.543. The molecule has 0 radical (unpaired) electrons. The van der Waals surface area contributed by atoms with Crippen molar-refractivity contribution in [2.45, 2.75) is 24.3 Å². The van der Waals surface area contributed by atoms with Crippen LogP contribution in [0, 0.1) is 0 Å². The van der Waals surface area contributed by atoms with Crippen molar-refractivity contribution in [3.63, 3.8) is 0 Å². The van der Waals surface area contributed by atoms with Gasteiger partial charge in [0, 0.05) is 31.7 Å². The number of hydrogen-bond donors (Lipinski definition) is 2. The minimum absolute atomic E-state index is 0.0178. The van der Waals surface area contributed by atoms with Crippen molar-refractivity contribution in [2.75, 3.05) is 37.0 Å². The summed E-state index contributed by atoms with van der Waals surface area (Å²) in [7, 11) is -6.03. The van der Waals surface area contributed by atoms with Crippen molar-refractivity contribution in [2.24, 2.45) is 5.73 Å². The summed E-state index contributed by atoms with van der Waals surface area (Å²) in [5.41, 5.74) is 5.86. The number of rotatable bonds is 7. The van der Waals surface area contributed by atoms with Crippen LogP contribution in [-0.2, 0) is 24.7 Å². The zero-order chi connectivity index (χ0) is 19.5. The van der Waals surface area contributed by atoms with Crippen LogP contribution in [0.15, 0.2) is 23.1 Å². The second-order valence-corrected chi connectivity index (χ2v) is 10.1. The van der Waals surface area contributed by atoms with E-state index in [1.807, 2.05) is 0 Å². The number of nitrogens with two attached hydrogens (primary N) is 1. The zero-order valence-corrected chi connectivity index (χ0v) is 16.3. The fourth-order valence-corrected chi connectivity index (χ4v) is 6.59. The molecule has 1 fully saturated rings. The Balaban J connectivity index is 2.49. The normalized spacial score (nSPS) is 19.5. The van der Waals surface area contributed by atoms with E-state index in [4.69, 9.17) is 10.5 Å². The second-order valence-electron chi connectivity index (χ2n) is 6.01. The number of nitrogens with zero attached hydrogens (tertiary/aromatic N) is 1. The van der Waals surface area contributed by atoms with Crippen LogP contribution in [0.3, 0.4) is 0 Å². The number of ether oxygens (including phenoxy) is 1. The highest BCUT2D eigenvalue weighted by atomic mass is 32.2. The summed E-state index contributed by atoms with van der Waals surface area (Å²) in [5, 5.41) is 2.52. The van der Waals surface area contributed by atoms with Crippen LogP contribution in [0.25, 0.3) is 0 Å². The maximum atomic E-state index is 13.2. The molecule has 1 aromatic rings. The maximum Gasteiger partial charge on any atom is 0.247 e. The first kappa shape index (κ1) is 20.6. The minimum atomic E-state index is -4.09. The van der Waals surface area contributed by atoms with E-state index < -0.39 is 25.9 Å². The third-order valence-electron chi connectivity index (χ3n) is 4.04. The average molecular weight is 405 g/mol. The summed E-state index contributed by atoms with van der Waals surface area (Å²) in [6, 6.07) is 3.57. The van der Waals surface area contributed by atoms with Gasteiger partial charge in [-0.25, -0.2) is 16.8 Å². The van der Waals surface area contributed by atoms with Crippen LogP contribution in [0.2, 0.25) is 0 Å². The Morgan fingerprint density at radius 1 is 1.42 bits per heavy atom. The lowest BCUT2D eigenvalue weighted by molar-refractivity contribution is -0.114. The summed E-state index contributed by atoms with van der Waals surface area (Å²) in [6.45, 7) is 1.34. The predicted molar refractivity (Wildman–Crippen MR) is 97.3 cm³/mol. The van der Waals surface area contributed by atoms with E-state index in [1.54, 1.807) is 0 Å². The number of nitrogens with one attached hydrogen (secondary N) is 1. The van der Waals surface area contributed by atoms with E-state index >= 15 is 0 Å². The third-order valence-corrected chi connectivity index (χ3v) is 7.76. The van der Waals surface area contributed by atoms with Gasteiger partial charge in [0.15, 0.2) is 9.84 Å². The Morgan fingerprint density at radius 2 is 2.12 bits per heavy atom. The molecule has 0 aromatic heterocycles. The highest BCUT2D eigenvalue weighted by Crippen LogP contribution is 2.32. The van der Waals surface area contributed by atoms with Crippen LogP contribution in [0.1, 0.15) is 13.3 Å². The van der Waals surface area contributed by atoms with Crippen LogP contribution in [-0.4, -0.2) is 64.8 Å². The van der Waals surface area contributed by atoms with Crippen LogP contribution in [0.4, 0.5) is 5.69 Å². The highest BCUT2D eigenvalue weighted by Gasteiger charge is 2.39. The third kappa shape index (κ3) is 4.53. The van der Waals surface area contributed by atoms with Gasteiger partial charge in [-0.2, -0.15) is 4.31 Å². The standard InChI is InChI=1S/C15H23N3O6S2/c1-11(19)17-12-3-4-14(24-2)15(9-12)26(22,23)18(7-6-16)13-5-8-25(20,21)10-13/h3-4,9,13H,5-8,10,16H2,1-2H3,(H,17,19)/t13-/m0/s1. The monoisotopic (exact) mass is 405 g/mol. The molecule has 1 heterocycles. The van der Waals surface area contributed by atoms with Crippen molar-refractivity contribution < 1.29 is 26.4 Å². The molecule has 1 amide bonds. The van der Waals surface area contributed by atoms with Crippen molar-refractivity contribution in [3.05, 3.63) is 18.2 Å². The molecular weight excluding hydrogens is 382 g/mol. The number of benzene rings is 1. The second kappa shape index (κ2) is 7.91. The number of carbonyl (C=O) groups is 1. The van der Waals surface area contributed by atoms with E-state index in [9.17, 15) is 21.6 Å². The van der Waals surface area contributed by atoms with E-state index in [2.05, 4.69) is 5.32 Å². The fraction of sp³-hybridized carbons (Fsp3) is 0.533. The Labute approximate surface area is 153 Å². The molecule has 0 aliphatic carbocycles. The number of sulfonamides is 1. The summed E-state index contributed by atoms with van der Waals surface area (Å²) >= 11 is 0. The van der Waals surface area contributed by atoms with Crippen molar-refractivity contribution in [1.82, 2.24) is 4.31 Å². The summed E-state index contributed by atoms with van der Waals surface area (Å²) in [4.78, 5) is 11.1. The number of carbonyl (C=O) groups excluding carboxylic acids is 1. The van der Waals surface area contributed by atoms with Crippen LogP contribution in [0.5, 0.6) is 5.75 Å². The lowest BCUT2D eigenvalue weighted by Gasteiger charge is -2.27. The lowest BCUT2D eigenvalue weighted by Crippen LogP contribution is -2.43. The van der Waals surface area contributed by atoms with Gasteiger partial charge in [-0.1, -0.05) is 0 Å². The molecule has 3 N–H and O–H groups in total. The molecule has 0 spiro atoms. The van der Waals surface area contributed by atoms with Crippen molar-refractivity contribution >= 4 is 31.5 Å². The number of methoxy groups -OCH3 is 1. The quantitative estimate of drug-likeness (QED) is 0.640.